The molecule has 1 aliphatic carbocycles. The number of benzene rings is 1. The molecular weight excluding hydrogens is 558 g/mol. The Hall–Kier alpha value is -3.48. The van der Waals surface area contributed by atoms with Gasteiger partial charge < -0.3 is 19.3 Å². The quantitative estimate of drug-likeness (QED) is 0.289. The van der Waals surface area contributed by atoms with Gasteiger partial charge in [-0.1, -0.05) is 23.7 Å². The van der Waals surface area contributed by atoms with Gasteiger partial charge in [0.1, 0.15) is 22.9 Å². The zero-order valence-corrected chi connectivity index (χ0v) is 24.2. The first kappa shape index (κ1) is 28.1. The van der Waals surface area contributed by atoms with E-state index in [2.05, 4.69) is 15.0 Å². The van der Waals surface area contributed by atoms with Crippen LogP contribution in [-0.2, 0) is 15.6 Å². The minimum Gasteiger partial charge on any atom is -0.494 e. The predicted octanol–water partition coefficient (Wildman–Crippen LogP) is 4.02. The Bertz CT molecular complexity index is 1640. The number of ether oxygens (including phenoxy) is 3. The van der Waals surface area contributed by atoms with Gasteiger partial charge in [-0.15, -0.1) is 0 Å². The number of nitrogens with zero attached hydrogens (tertiary/aromatic N) is 5. The lowest BCUT2D eigenvalue weighted by molar-refractivity contribution is -0.0494. The van der Waals surface area contributed by atoms with E-state index in [4.69, 9.17) is 30.8 Å². The third-order valence-corrected chi connectivity index (χ3v) is 8.69. The van der Waals surface area contributed by atoms with E-state index in [0.717, 1.165) is 0 Å². The highest BCUT2D eigenvalue weighted by Crippen LogP contribution is 2.40. The molecule has 3 heterocycles. The monoisotopic (exact) mass is 587 g/mol. The van der Waals surface area contributed by atoms with Gasteiger partial charge >= 0.3 is 0 Å². The number of methoxy groups -OCH3 is 2. The van der Waals surface area contributed by atoms with Crippen molar-refractivity contribution < 1.29 is 27.7 Å². The van der Waals surface area contributed by atoms with Crippen LogP contribution in [0.15, 0.2) is 36.4 Å². The summed E-state index contributed by atoms with van der Waals surface area (Å²) >= 11 is 6.46. The molecule has 0 aliphatic heterocycles. The van der Waals surface area contributed by atoms with Crippen LogP contribution in [0.25, 0.3) is 28.5 Å². The highest BCUT2D eigenvalue weighted by atomic mass is 35.5. The fourth-order valence-electron chi connectivity index (χ4n) is 5.13. The van der Waals surface area contributed by atoms with E-state index < -0.39 is 21.2 Å². The third kappa shape index (κ3) is 5.56. The highest BCUT2D eigenvalue weighted by Gasteiger charge is 2.40. The summed E-state index contributed by atoms with van der Waals surface area (Å²) in [5, 5.41) is 9.96. The molecule has 1 N–H and O–H groups in total. The molecular formula is C27H30ClN5O6S. The molecule has 13 heteroatoms. The maximum absolute atomic E-state index is 13.1. The standard InChI is InChI=1S/C27H30ClN5O6S/c1-5-39-21-11-6-8-17(29-21)25-32-24-26(33(25)22-19(37-3)9-7-10-20(22)38-4)30-18(23(28)31-24)15-40(35,36)14-16-12-27(2,34)13-16/h6-11,16,34H,5,12-15H2,1-4H3. The van der Waals surface area contributed by atoms with Gasteiger partial charge in [0, 0.05) is 6.07 Å². The first-order valence-corrected chi connectivity index (χ1v) is 14.9. The number of aliphatic hydroxyl groups is 1. The van der Waals surface area contributed by atoms with Gasteiger partial charge in [0.25, 0.3) is 0 Å². The van der Waals surface area contributed by atoms with Crippen molar-refractivity contribution in [1.82, 2.24) is 24.5 Å². The fourth-order valence-corrected chi connectivity index (χ4v) is 7.09. The summed E-state index contributed by atoms with van der Waals surface area (Å²) in [5.41, 5.74) is 0.658. The van der Waals surface area contributed by atoms with Gasteiger partial charge in [0.05, 0.1) is 43.6 Å². The lowest BCUT2D eigenvalue weighted by Crippen LogP contribution is -2.43. The minimum atomic E-state index is -3.60. The Labute approximate surface area is 237 Å². The van der Waals surface area contributed by atoms with Crippen molar-refractivity contribution in [1.29, 1.82) is 0 Å². The number of para-hydroxylation sites is 1. The lowest BCUT2D eigenvalue weighted by atomic mass is 9.73. The second kappa shape index (κ2) is 10.8. The summed E-state index contributed by atoms with van der Waals surface area (Å²) in [4.78, 5) is 18.4. The lowest BCUT2D eigenvalue weighted by Gasteiger charge is -2.40. The van der Waals surface area contributed by atoms with Crippen LogP contribution in [0, 0.1) is 5.92 Å². The van der Waals surface area contributed by atoms with Crippen molar-refractivity contribution in [2.75, 3.05) is 26.6 Å². The van der Waals surface area contributed by atoms with E-state index in [1.54, 1.807) is 47.9 Å². The van der Waals surface area contributed by atoms with E-state index >= 15 is 0 Å². The first-order chi connectivity index (χ1) is 19.0. The molecule has 0 spiro atoms. The van der Waals surface area contributed by atoms with Gasteiger partial charge in [-0.2, -0.15) is 0 Å². The normalized spacial score (nSPS) is 18.9. The summed E-state index contributed by atoms with van der Waals surface area (Å²) in [6.07, 6.45) is 0.866. The molecule has 0 unspecified atom stereocenters. The molecule has 1 saturated carbocycles. The Morgan fingerprint density at radius 3 is 2.35 bits per heavy atom. The smallest absolute Gasteiger partial charge is 0.213 e. The van der Waals surface area contributed by atoms with Crippen LogP contribution in [0.4, 0.5) is 0 Å². The first-order valence-electron chi connectivity index (χ1n) is 12.7. The van der Waals surface area contributed by atoms with Crippen molar-refractivity contribution in [3.05, 3.63) is 47.2 Å². The van der Waals surface area contributed by atoms with Gasteiger partial charge in [0.15, 0.2) is 32.1 Å². The van der Waals surface area contributed by atoms with Crippen LogP contribution in [0.3, 0.4) is 0 Å². The molecule has 11 nitrogen and oxygen atoms in total. The number of hydrogen-bond donors (Lipinski definition) is 1. The number of hydrogen-bond acceptors (Lipinski definition) is 10. The second-order valence-electron chi connectivity index (χ2n) is 10.0. The molecule has 0 atom stereocenters. The number of rotatable bonds is 10. The molecule has 212 valence electrons. The molecule has 0 bridgehead atoms. The molecule has 0 radical (unpaired) electrons. The fraction of sp³-hybridized carbons (Fsp3) is 0.407. The summed E-state index contributed by atoms with van der Waals surface area (Å²) in [6, 6.07) is 10.6. The molecule has 4 aromatic rings. The van der Waals surface area contributed by atoms with Crippen LogP contribution in [-0.4, -0.2) is 70.2 Å². The number of pyridine rings is 1. The Balaban J connectivity index is 1.68. The summed E-state index contributed by atoms with van der Waals surface area (Å²) in [7, 11) is -0.540. The van der Waals surface area contributed by atoms with Crippen molar-refractivity contribution >= 4 is 32.7 Å². The maximum atomic E-state index is 13.1. The van der Waals surface area contributed by atoms with Gasteiger partial charge in [-0.05, 0) is 50.8 Å². The number of sulfone groups is 1. The number of fused-ring (bicyclic) bond motifs is 1. The topological polar surface area (TPSA) is 139 Å². The zero-order chi connectivity index (χ0) is 28.7. The van der Waals surface area contributed by atoms with Crippen molar-refractivity contribution in [2.24, 2.45) is 5.92 Å². The molecule has 1 aliphatic rings. The summed E-state index contributed by atoms with van der Waals surface area (Å²) in [5.74, 6) is 1.09. The Morgan fingerprint density at radius 2 is 1.73 bits per heavy atom. The molecule has 40 heavy (non-hydrogen) atoms. The van der Waals surface area contributed by atoms with Crippen LogP contribution in [0.1, 0.15) is 32.4 Å². The van der Waals surface area contributed by atoms with Gasteiger partial charge in [-0.25, -0.2) is 28.4 Å². The second-order valence-corrected chi connectivity index (χ2v) is 12.5. The van der Waals surface area contributed by atoms with Crippen molar-refractivity contribution in [3.8, 4) is 34.6 Å². The number of aromatic nitrogens is 5. The van der Waals surface area contributed by atoms with Crippen molar-refractivity contribution in [3.63, 3.8) is 0 Å². The Morgan fingerprint density at radius 1 is 1.05 bits per heavy atom. The predicted molar refractivity (Wildman–Crippen MR) is 150 cm³/mol. The Kier molecular flexibility index (Phi) is 7.60. The van der Waals surface area contributed by atoms with Gasteiger partial charge in [0.2, 0.25) is 5.88 Å². The number of halogens is 1. The molecule has 1 fully saturated rings. The summed E-state index contributed by atoms with van der Waals surface area (Å²) in [6.45, 7) is 4.00. The van der Waals surface area contributed by atoms with Crippen LogP contribution in [0.2, 0.25) is 5.15 Å². The largest absolute Gasteiger partial charge is 0.494 e. The van der Waals surface area contributed by atoms with E-state index in [-0.39, 0.29) is 33.8 Å². The van der Waals surface area contributed by atoms with Crippen LogP contribution in [0.5, 0.6) is 17.4 Å². The zero-order valence-electron chi connectivity index (χ0n) is 22.6. The average molecular weight is 588 g/mol. The average Bonchev–Trinajstić information content (AvgIpc) is 3.24. The molecule has 1 aromatic carbocycles. The van der Waals surface area contributed by atoms with E-state index in [0.29, 0.717) is 54.0 Å². The maximum Gasteiger partial charge on any atom is 0.213 e. The summed E-state index contributed by atoms with van der Waals surface area (Å²) < 4.78 is 44.8. The molecule has 3 aromatic heterocycles. The molecule has 0 amide bonds. The van der Waals surface area contributed by atoms with E-state index in [1.165, 1.54) is 14.2 Å². The molecule has 0 saturated heterocycles. The van der Waals surface area contributed by atoms with Gasteiger partial charge in [-0.3, -0.25) is 4.57 Å². The van der Waals surface area contributed by atoms with E-state index in [1.807, 2.05) is 6.92 Å². The van der Waals surface area contributed by atoms with E-state index in [9.17, 15) is 13.5 Å². The highest BCUT2D eigenvalue weighted by molar-refractivity contribution is 7.90. The van der Waals surface area contributed by atoms with Crippen LogP contribution < -0.4 is 14.2 Å². The molecule has 5 rings (SSSR count). The van der Waals surface area contributed by atoms with Crippen molar-refractivity contribution in [2.45, 2.75) is 38.0 Å². The van der Waals surface area contributed by atoms with Crippen LogP contribution >= 0.6 is 11.6 Å². The third-order valence-electron chi connectivity index (χ3n) is 6.69. The SMILES string of the molecule is CCOc1cccc(-c2nc3nc(Cl)c(CS(=O)(=O)CC4CC(C)(O)C4)nc3n2-c2c(OC)cccc2OC)n1. The number of imidazole rings is 1. The minimum absolute atomic E-state index is 0.0594.